The third-order valence-corrected chi connectivity index (χ3v) is 10.9. The lowest BCUT2D eigenvalue weighted by Crippen LogP contribution is -2.58. The average Bonchev–Trinajstić information content (AvgIpc) is 2.76. The molecule has 0 aromatic rings. The average molecular weight is 459 g/mol. The van der Waals surface area contributed by atoms with E-state index in [4.69, 9.17) is 14.2 Å². The summed E-state index contributed by atoms with van der Waals surface area (Å²) in [5.74, 6) is 4.24. The molecular weight excluding hydrogens is 416 g/mol. The van der Waals surface area contributed by atoms with Crippen molar-refractivity contribution in [1.29, 1.82) is 0 Å². The van der Waals surface area contributed by atoms with Crippen LogP contribution in [0.4, 0.5) is 0 Å². The van der Waals surface area contributed by atoms with Gasteiger partial charge in [-0.2, -0.15) is 0 Å². The topological polar surface area (TPSA) is 61.8 Å². The molecule has 0 amide bonds. The van der Waals surface area contributed by atoms with Gasteiger partial charge in [0.25, 0.3) is 0 Å². The molecule has 8 bridgehead atoms. The van der Waals surface area contributed by atoms with E-state index in [1.54, 1.807) is 0 Å². The van der Waals surface area contributed by atoms with E-state index in [9.17, 15) is 9.59 Å². The lowest BCUT2D eigenvalue weighted by molar-refractivity contribution is -0.214. The smallest absolute Gasteiger partial charge is 0.314 e. The fourth-order valence-corrected chi connectivity index (χ4v) is 9.31. The Morgan fingerprint density at radius 3 is 1.94 bits per heavy atom. The van der Waals surface area contributed by atoms with Gasteiger partial charge in [0.15, 0.2) is 6.79 Å². The van der Waals surface area contributed by atoms with Gasteiger partial charge < -0.3 is 14.2 Å². The van der Waals surface area contributed by atoms with Gasteiger partial charge in [-0.15, -0.1) is 0 Å². The van der Waals surface area contributed by atoms with Crippen molar-refractivity contribution in [2.45, 2.75) is 104 Å². The minimum Gasteiger partial charge on any atom is -0.461 e. The molecule has 0 N–H and O–H groups in total. The summed E-state index contributed by atoms with van der Waals surface area (Å²) in [6, 6.07) is 0. The number of carbonyl (C=O) groups is 2. The Kier molecular flexibility index (Phi) is 5.40. The highest BCUT2D eigenvalue weighted by atomic mass is 16.7. The molecule has 8 aliphatic carbocycles. The van der Waals surface area contributed by atoms with Gasteiger partial charge in [0.1, 0.15) is 6.10 Å². The van der Waals surface area contributed by atoms with E-state index >= 15 is 0 Å². The van der Waals surface area contributed by atoms with Gasteiger partial charge >= 0.3 is 11.9 Å². The first-order valence-corrected chi connectivity index (χ1v) is 13.8. The van der Waals surface area contributed by atoms with Crippen LogP contribution in [0.5, 0.6) is 0 Å². The zero-order chi connectivity index (χ0) is 23.0. The van der Waals surface area contributed by atoms with Crippen LogP contribution in [0.2, 0.25) is 0 Å². The summed E-state index contributed by atoms with van der Waals surface area (Å²) in [4.78, 5) is 26.1. The largest absolute Gasteiger partial charge is 0.461 e. The van der Waals surface area contributed by atoms with E-state index in [1.165, 1.54) is 32.1 Å². The van der Waals surface area contributed by atoms with Gasteiger partial charge in [-0.25, -0.2) is 0 Å². The molecule has 8 saturated carbocycles. The molecule has 2 atom stereocenters. The minimum atomic E-state index is -0.444. The second-order valence-electron chi connectivity index (χ2n) is 13.5. The first-order chi connectivity index (χ1) is 15.8. The van der Waals surface area contributed by atoms with Crippen molar-refractivity contribution in [1.82, 2.24) is 0 Å². The van der Waals surface area contributed by atoms with Crippen molar-refractivity contribution in [3.05, 3.63) is 0 Å². The molecule has 184 valence electrons. The van der Waals surface area contributed by atoms with E-state index in [0.717, 1.165) is 50.4 Å². The van der Waals surface area contributed by atoms with Gasteiger partial charge in [-0.1, -0.05) is 6.92 Å². The van der Waals surface area contributed by atoms with Crippen LogP contribution in [0.15, 0.2) is 0 Å². The number of hydrogen-bond acceptors (Lipinski definition) is 5. The van der Waals surface area contributed by atoms with Gasteiger partial charge in [-0.3, -0.25) is 9.59 Å². The van der Waals surface area contributed by atoms with E-state index in [-0.39, 0.29) is 30.3 Å². The summed E-state index contributed by atoms with van der Waals surface area (Å²) < 4.78 is 18.2. The van der Waals surface area contributed by atoms with E-state index in [0.29, 0.717) is 35.7 Å². The van der Waals surface area contributed by atoms with E-state index in [2.05, 4.69) is 0 Å². The summed E-state index contributed by atoms with van der Waals surface area (Å²) in [6.45, 7) is 6.09. The molecule has 0 aromatic carbocycles. The van der Waals surface area contributed by atoms with Crippen LogP contribution < -0.4 is 0 Å². The number of carbonyl (C=O) groups excluding carboxylic acids is 2. The minimum absolute atomic E-state index is 0.0231. The van der Waals surface area contributed by atoms with Crippen LogP contribution in [0.25, 0.3) is 0 Å². The summed E-state index contributed by atoms with van der Waals surface area (Å²) in [6.07, 6.45) is 12.5. The van der Waals surface area contributed by atoms with E-state index in [1.807, 2.05) is 20.8 Å². The molecule has 0 heterocycles. The lowest BCUT2D eigenvalue weighted by Gasteiger charge is -2.58. The van der Waals surface area contributed by atoms with Crippen molar-refractivity contribution in [2.24, 2.45) is 52.3 Å². The Morgan fingerprint density at radius 2 is 1.36 bits per heavy atom. The molecule has 5 nitrogen and oxygen atoms in total. The maximum absolute atomic E-state index is 13.4. The van der Waals surface area contributed by atoms with Crippen LogP contribution in [0.1, 0.15) is 91.4 Å². The van der Waals surface area contributed by atoms with Crippen molar-refractivity contribution in [3.63, 3.8) is 0 Å². The molecule has 2 unspecified atom stereocenters. The Hall–Kier alpha value is -1.10. The molecule has 0 aliphatic heterocycles. The van der Waals surface area contributed by atoms with E-state index < -0.39 is 5.41 Å². The molecule has 0 radical (unpaired) electrons. The molecule has 0 aromatic heterocycles. The fourth-order valence-electron chi connectivity index (χ4n) is 9.31. The third-order valence-electron chi connectivity index (χ3n) is 10.9. The summed E-state index contributed by atoms with van der Waals surface area (Å²) in [7, 11) is 0. The summed E-state index contributed by atoms with van der Waals surface area (Å²) >= 11 is 0. The van der Waals surface area contributed by atoms with Crippen LogP contribution >= 0.6 is 0 Å². The maximum atomic E-state index is 13.4. The number of rotatable bonds is 7. The quantitative estimate of drug-likeness (QED) is 0.372. The summed E-state index contributed by atoms with van der Waals surface area (Å²) in [5.41, 5.74) is -0.826. The van der Waals surface area contributed by atoms with Gasteiger partial charge in [0.05, 0.1) is 16.9 Å². The Morgan fingerprint density at radius 1 is 0.788 bits per heavy atom. The highest BCUT2D eigenvalue weighted by molar-refractivity contribution is 5.78. The molecule has 8 fully saturated rings. The zero-order valence-corrected chi connectivity index (χ0v) is 20.7. The first kappa shape index (κ1) is 22.4. The van der Waals surface area contributed by atoms with Crippen molar-refractivity contribution < 1.29 is 23.8 Å². The van der Waals surface area contributed by atoms with Gasteiger partial charge in [0, 0.05) is 0 Å². The molecule has 33 heavy (non-hydrogen) atoms. The van der Waals surface area contributed by atoms with Crippen LogP contribution in [-0.4, -0.2) is 30.9 Å². The number of ether oxygens (including phenoxy) is 3. The molecule has 0 saturated heterocycles. The predicted octanol–water partition coefficient (Wildman–Crippen LogP) is 5.50. The highest BCUT2D eigenvalue weighted by Crippen LogP contribution is 2.61. The maximum Gasteiger partial charge on any atom is 0.314 e. The highest BCUT2D eigenvalue weighted by Gasteiger charge is 2.60. The Balaban J connectivity index is 1.06. The summed E-state index contributed by atoms with van der Waals surface area (Å²) in [5, 5.41) is 0. The Labute approximate surface area is 198 Å². The van der Waals surface area contributed by atoms with Crippen LogP contribution in [0, 0.1) is 52.3 Å². The molecule has 0 spiro atoms. The SMILES string of the molecule is CCC(C)(C)C(=O)OC1C2CC3CC1CC(C(=O)OCOC1C4CC5CC(C4)CC1C5)(C3)C2. The fraction of sp³-hybridized carbons (Fsp3) is 0.929. The number of esters is 2. The molecule has 5 heteroatoms. The monoisotopic (exact) mass is 458 g/mol. The number of hydrogen-bond donors (Lipinski definition) is 0. The lowest BCUT2D eigenvalue weighted by atomic mass is 9.48. The van der Waals surface area contributed by atoms with Crippen LogP contribution in [0.3, 0.4) is 0 Å². The second-order valence-corrected chi connectivity index (χ2v) is 13.5. The Bertz CT molecular complexity index is 758. The standard InChI is InChI=1S/C28H42O5/c1-4-27(2,3)25(29)33-24-21-10-18-11-22(24)14-28(12-18,13-21)26(30)32-15-31-23-19-6-16-5-17(8-19)9-20(23)7-16/h16-24H,4-15H2,1-3H3. The van der Waals surface area contributed by atoms with Crippen molar-refractivity contribution in [2.75, 3.05) is 6.79 Å². The molecule has 8 aliphatic rings. The predicted molar refractivity (Wildman–Crippen MR) is 123 cm³/mol. The van der Waals surface area contributed by atoms with Crippen molar-refractivity contribution >= 4 is 11.9 Å². The molecular formula is C28H42O5. The molecule has 8 rings (SSSR count). The zero-order valence-electron chi connectivity index (χ0n) is 20.7. The second kappa shape index (κ2) is 7.96. The van der Waals surface area contributed by atoms with Crippen molar-refractivity contribution in [3.8, 4) is 0 Å². The third kappa shape index (κ3) is 3.76. The van der Waals surface area contributed by atoms with Gasteiger partial charge in [-0.05, 0) is 126 Å². The van der Waals surface area contributed by atoms with Gasteiger partial charge in [0.2, 0.25) is 0 Å². The normalized spacial score (nSPS) is 47.1. The van der Waals surface area contributed by atoms with Crippen LogP contribution in [-0.2, 0) is 23.8 Å². The first-order valence-electron chi connectivity index (χ1n) is 13.8.